The monoisotopic (exact) mass is 761 g/mol. The van der Waals surface area contributed by atoms with Gasteiger partial charge in [-0.05, 0) is 44.5 Å². The smallest absolute Gasteiger partial charge is 0.407 e. The van der Waals surface area contributed by atoms with Gasteiger partial charge in [0, 0.05) is 69.6 Å². The number of allylic oxidation sites excluding steroid dienone is 1. The number of primary amides is 2. The van der Waals surface area contributed by atoms with Crippen LogP contribution in [-0.2, 0) is 13.1 Å². The van der Waals surface area contributed by atoms with Crippen molar-refractivity contribution in [2.45, 2.75) is 33.4 Å². The standard InChI is InChI=1S/C35H43N11O9/c1-4-45-26(16-21(2)41-45)33(49)40-34-39-24-17-22(31(36)47)20-28(54-3)30(24)44(34)10-6-5-8-38-29-25(46(52)53)18-23(32(37)48)19-27(29)55-15-7-9-42-11-13-43(14-12-42)35(50)51/h5-6,16-20,38H,4,7-15H2,1-3H3,(H2,36,47)(H2,37,48)(H,50,51)(H,39,40,49). The number of fused-ring (bicyclic) bond motifs is 1. The Kier molecular flexibility index (Phi) is 12.5. The van der Waals surface area contributed by atoms with Crippen molar-refractivity contribution in [3.8, 4) is 11.5 Å². The second kappa shape index (κ2) is 17.4. The summed E-state index contributed by atoms with van der Waals surface area (Å²) in [6, 6.07) is 7.05. The highest BCUT2D eigenvalue weighted by Crippen LogP contribution is 2.36. The molecule has 0 unspecified atom stereocenters. The fourth-order valence-electron chi connectivity index (χ4n) is 6.17. The lowest BCUT2D eigenvalue weighted by molar-refractivity contribution is -0.384. The van der Waals surface area contributed by atoms with Gasteiger partial charge in [-0.15, -0.1) is 0 Å². The summed E-state index contributed by atoms with van der Waals surface area (Å²) in [5.74, 6) is -1.51. The van der Waals surface area contributed by atoms with E-state index in [2.05, 4.69) is 25.6 Å². The van der Waals surface area contributed by atoms with E-state index in [-0.39, 0.29) is 54.0 Å². The zero-order chi connectivity index (χ0) is 39.8. The molecule has 0 atom stereocenters. The van der Waals surface area contributed by atoms with E-state index < -0.39 is 34.4 Å². The van der Waals surface area contributed by atoms with E-state index in [1.807, 2.05) is 6.92 Å². The first kappa shape index (κ1) is 39.5. The van der Waals surface area contributed by atoms with Crippen LogP contribution in [0.5, 0.6) is 11.5 Å². The number of nitrogens with one attached hydrogen (secondary N) is 2. The SMILES string of the molecule is CCn1nc(C)cc1C(=O)Nc1nc2cc(C(N)=O)cc(OC)c2n1CC=CCNc1c(OCCCN2CCN(C(=O)O)CC2)cc(C(N)=O)cc1[N+](=O)[O-]. The number of carbonyl (C=O) groups excluding carboxylic acids is 3. The van der Waals surface area contributed by atoms with Crippen molar-refractivity contribution < 1.29 is 38.7 Å². The number of amides is 4. The van der Waals surface area contributed by atoms with Crippen LogP contribution < -0.4 is 31.6 Å². The third-order valence-corrected chi connectivity index (χ3v) is 8.90. The zero-order valence-electron chi connectivity index (χ0n) is 30.6. The number of piperazine rings is 1. The molecule has 1 saturated heterocycles. The van der Waals surface area contributed by atoms with Gasteiger partial charge in [0.15, 0.2) is 5.69 Å². The minimum Gasteiger partial charge on any atom is -0.494 e. The number of hydrogen-bond donors (Lipinski definition) is 5. The molecule has 0 saturated carbocycles. The lowest BCUT2D eigenvalue weighted by Crippen LogP contribution is -2.48. The summed E-state index contributed by atoms with van der Waals surface area (Å²) in [4.78, 5) is 68.2. The Morgan fingerprint density at radius 2 is 1.71 bits per heavy atom. The van der Waals surface area contributed by atoms with Crippen LogP contribution in [0.3, 0.4) is 0 Å². The molecule has 3 heterocycles. The number of aromatic nitrogens is 4. The number of ether oxygens (including phenoxy) is 2. The fraction of sp³-hybridized carbons (Fsp3) is 0.371. The number of rotatable bonds is 17. The number of nitro groups is 1. The van der Waals surface area contributed by atoms with Crippen LogP contribution >= 0.6 is 0 Å². The molecule has 20 nitrogen and oxygen atoms in total. The molecule has 1 fully saturated rings. The second-order valence-electron chi connectivity index (χ2n) is 12.6. The molecule has 0 radical (unpaired) electrons. The second-order valence-corrected chi connectivity index (χ2v) is 12.6. The van der Waals surface area contributed by atoms with Gasteiger partial charge in [0.25, 0.3) is 11.6 Å². The first-order valence-corrected chi connectivity index (χ1v) is 17.4. The zero-order valence-corrected chi connectivity index (χ0v) is 30.6. The lowest BCUT2D eigenvalue weighted by atomic mass is 10.1. The van der Waals surface area contributed by atoms with Crippen LogP contribution in [0.15, 0.2) is 42.5 Å². The van der Waals surface area contributed by atoms with Gasteiger partial charge in [-0.1, -0.05) is 12.2 Å². The molecule has 0 aliphatic carbocycles. The van der Waals surface area contributed by atoms with E-state index in [4.69, 9.17) is 20.9 Å². The molecule has 55 heavy (non-hydrogen) atoms. The van der Waals surface area contributed by atoms with Crippen molar-refractivity contribution in [3.63, 3.8) is 0 Å². The number of anilines is 2. The van der Waals surface area contributed by atoms with E-state index in [9.17, 15) is 34.4 Å². The van der Waals surface area contributed by atoms with Crippen molar-refractivity contribution in [1.29, 1.82) is 0 Å². The molecule has 4 amide bonds. The molecular weight excluding hydrogens is 718 g/mol. The van der Waals surface area contributed by atoms with Gasteiger partial charge in [-0.3, -0.25) is 39.4 Å². The lowest BCUT2D eigenvalue weighted by Gasteiger charge is -2.32. The van der Waals surface area contributed by atoms with Gasteiger partial charge in [0.2, 0.25) is 17.8 Å². The summed E-state index contributed by atoms with van der Waals surface area (Å²) in [6.07, 6.45) is 3.01. The minimum absolute atomic E-state index is 0.0410. The number of carbonyl (C=O) groups is 4. The van der Waals surface area contributed by atoms with Gasteiger partial charge >= 0.3 is 6.09 Å². The maximum absolute atomic E-state index is 13.4. The van der Waals surface area contributed by atoms with Gasteiger partial charge in [-0.25, -0.2) is 9.78 Å². The number of nitrogens with two attached hydrogens (primary N) is 2. The summed E-state index contributed by atoms with van der Waals surface area (Å²) in [6.45, 7) is 7.01. The van der Waals surface area contributed by atoms with Gasteiger partial charge in [0.05, 0.1) is 29.9 Å². The maximum Gasteiger partial charge on any atom is 0.407 e. The number of nitro benzene ring substituents is 1. The summed E-state index contributed by atoms with van der Waals surface area (Å²) in [5.41, 5.74) is 12.5. The van der Waals surface area contributed by atoms with Gasteiger partial charge < -0.3 is 40.8 Å². The fourth-order valence-corrected chi connectivity index (χ4v) is 6.17. The van der Waals surface area contributed by atoms with Crippen LogP contribution in [0, 0.1) is 17.0 Å². The topological polar surface area (TPSA) is 268 Å². The molecule has 0 spiro atoms. The van der Waals surface area contributed by atoms with Crippen molar-refractivity contribution in [2.75, 3.05) is 63.6 Å². The largest absolute Gasteiger partial charge is 0.494 e. The predicted octanol–water partition coefficient (Wildman–Crippen LogP) is 2.66. The molecule has 292 valence electrons. The highest BCUT2D eigenvalue weighted by molar-refractivity contribution is 6.04. The Morgan fingerprint density at radius 3 is 2.35 bits per heavy atom. The molecule has 2 aromatic carbocycles. The van der Waals surface area contributed by atoms with E-state index in [1.165, 1.54) is 30.2 Å². The summed E-state index contributed by atoms with van der Waals surface area (Å²) in [7, 11) is 1.43. The van der Waals surface area contributed by atoms with Gasteiger partial charge in [-0.2, -0.15) is 5.10 Å². The van der Waals surface area contributed by atoms with Crippen molar-refractivity contribution in [2.24, 2.45) is 11.5 Å². The van der Waals surface area contributed by atoms with Crippen molar-refractivity contribution >= 4 is 52.2 Å². The summed E-state index contributed by atoms with van der Waals surface area (Å²) < 4.78 is 14.8. The Labute approximate surface area is 314 Å². The number of nitrogens with zero attached hydrogens (tertiary/aromatic N) is 7. The number of hydrogen-bond acceptors (Lipinski definition) is 12. The van der Waals surface area contributed by atoms with E-state index in [1.54, 1.807) is 34.4 Å². The first-order chi connectivity index (χ1) is 26.3. The third kappa shape index (κ3) is 9.27. The Bertz CT molecular complexity index is 2140. The van der Waals surface area contributed by atoms with E-state index >= 15 is 0 Å². The van der Waals surface area contributed by atoms with Crippen LogP contribution in [0.1, 0.15) is 50.2 Å². The number of imidazole rings is 1. The van der Waals surface area contributed by atoms with Crippen LogP contribution in [0.25, 0.3) is 11.0 Å². The molecule has 5 rings (SSSR count). The first-order valence-electron chi connectivity index (χ1n) is 17.4. The molecular formula is C35H43N11O9. The predicted molar refractivity (Wildman–Crippen MR) is 201 cm³/mol. The third-order valence-electron chi connectivity index (χ3n) is 8.90. The van der Waals surface area contributed by atoms with Crippen LogP contribution in [0.4, 0.5) is 22.1 Å². The van der Waals surface area contributed by atoms with Crippen molar-refractivity contribution in [3.05, 3.63) is 75.1 Å². The quantitative estimate of drug-likeness (QED) is 0.0449. The van der Waals surface area contributed by atoms with Crippen molar-refractivity contribution in [1.82, 2.24) is 29.1 Å². The van der Waals surface area contributed by atoms with E-state index in [0.717, 1.165) is 6.07 Å². The maximum atomic E-state index is 13.4. The van der Waals surface area contributed by atoms with Crippen LogP contribution in [0.2, 0.25) is 0 Å². The summed E-state index contributed by atoms with van der Waals surface area (Å²) in [5, 5.41) is 31.5. The van der Waals surface area contributed by atoms with E-state index in [0.29, 0.717) is 68.1 Å². The number of carboxylic acid groups (broad SMARTS) is 1. The number of benzene rings is 2. The Balaban J connectivity index is 1.35. The van der Waals surface area contributed by atoms with Gasteiger partial charge in [0.1, 0.15) is 22.7 Å². The molecule has 1 aliphatic rings. The molecule has 1 aliphatic heterocycles. The summed E-state index contributed by atoms with van der Waals surface area (Å²) >= 11 is 0. The average Bonchev–Trinajstić information content (AvgIpc) is 3.71. The highest BCUT2D eigenvalue weighted by atomic mass is 16.6. The molecule has 20 heteroatoms. The van der Waals surface area contributed by atoms with Crippen LogP contribution in [-0.4, -0.2) is 116 Å². The number of methoxy groups -OCH3 is 1. The molecule has 4 aromatic rings. The Morgan fingerprint density at radius 1 is 1.02 bits per heavy atom. The number of aryl methyl sites for hydroxylation is 2. The minimum atomic E-state index is -0.954. The molecule has 0 bridgehead atoms. The normalized spacial score (nSPS) is 13.3. The average molecular weight is 762 g/mol. The Hall–Kier alpha value is -6.70. The molecule has 2 aromatic heterocycles. The highest BCUT2D eigenvalue weighted by Gasteiger charge is 2.24. The molecule has 7 N–H and O–H groups in total.